The molecule has 38 heavy (non-hydrogen) atoms. The molecule has 1 aromatic carbocycles. The number of benzene rings is 1. The molecule has 2 fully saturated rings. The Kier molecular flexibility index (Phi) is 6.38. The van der Waals surface area contributed by atoms with Crippen LogP contribution in [0.4, 0.5) is 0 Å². The van der Waals surface area contributed by atoms with Crippen LogP contribution in [0.1, 0.15) is 60.6 Å². The highest BCUT2D eigenvalue weighted by Crippen LogP contribution is 2.34. The number of hydrogen-bond acceptors (Lipinski definition) is 7. The van der Waals surface area contributed by atoms with Gasteiger partial charge in [0, 0.05) is 29.6 Å². The average Bonchev–Trinajstić information content (AvgIpc) is 3.34. The summed E-state index contributed by atoms with van der Waals surface area (Å²) in [6.45, 7) is 0. The van der Waals surface area contributed by atoms with Gasteiger partial charge < -0.3 is 10.1 Å². The topological polar surface area (TPSA) is 136 Å². The molecule has 1 aliphatic carbocycles. The van der Waals surface area contributed by atoms with Crippen molar-refractivity contribution in [1.82, 2.24) is 24.9 Å². The van der Waals surface area contributed by atoms with Crippen molar-refractivity contribution in [2.24, 2.45) is 0 Å². The van der Waals surface area contributed by atoms with Crippen LogP contribution in [0.25, 0.3) is 16.4 Å². The number of carbonyl (C=O) groups is 1. The van der Waals surface area contributed by atoms with E-state index in [0.29, 0.717) is 35.3 Å². The molecule has 6 rings (SSSR count). The molecule has 0 atom stereocenters. The van der Waals surface area contributed by atoms with Crippen LogP contribution < -0.4 is 15.6 Å². The number of pyridine rings is 1. The lowest BCUT2D eigenvalue weighted by atomic mass is 9.82. The second-order valence-corrected chi connectivity index (χ2v) is 12.5. The molecule has 4 aromatic rings. The van der Waals surface area contributed by atoms with Crippen molar-refractivity contribution in [3.05, 3.63) is 70.5 Å². The van der Waals surface area contributed by atoms with Crippen LogP contribution in [-0.2, 0) is 9.84 Å². The zero-order valence-corrected chi connectivity index (χ0v) is 21.6. The predicted octanol–water partition coefficient (Wildman–Crippen LogP) is 2.98. The standard InChI is InChI=1S/C27H29N5O5S/c33-26-22-4-2-1-3-21(22)25(30-31-26)17-5-7-18(8-6-17)29-27(34)23-16-28-24-15-20(9-12-32(23)24)37-19-10-13-38(35,36)14-11-19/h1-4,9,12,15-19H,5-8,10-11,13-14H2,(H,29,34)(H,31,33). The van der Waals surface area contributed by atoms with Gasteiger partial charge in [-0.05, 0) is 50.7 Å². The monoisotopic (exact) mass is 535 g/mol. The number of nitrogens with one attached hydrogen (secondary N) is 2. The quantitative estimate of drug-likeness (QED) is 0.401. The highest BCUT2D eigenvalue weighted by atomic mass is 32.2. The second kappa shape index (κ2) is 9.86. The van der Waals surface area contributed by atoms with Gasteiger partial charge in [-0.2, -0.15) is 5.10 Å². The van der Waals surface area contributed by atoms with Crippen molar-refractivity contribution in [3.63, 3.8) is 0 Å². The van der Waals surface area contributed by atoms with E-state index < -0.39 is 9.84 Å². The van der Waals surface area contributed by atoms with Gasteiger partial charge in [0.1, 0.15) is 23.2 Å². The van der Waals surface area contributed by atoms with Crippen LogP contribution in [0.5, 0.6) is 5.75 Å². The number of aromatic nitrogens is 4. The van der Waals surface area contributed by atoms with Gasteiger partial charge in [0.05, 0.1) is 28.8 Å². The summed E-state index contributed by atoms with van der Waals surface area (Å²) in [4.78, 5) is 29.6. The molecule has 3 aromatic heterocycles. The van der Waals surface area contributed by atoms with Crippen LogP contribution in [0.2, 0.25) is 0 Å². The van der Waals surface area contributed by atoms with Crippen molar-refractivity contribution < 1.29 is 17.9 Å². The van der Waals surface area contributed by atoms with Crippen LogP contribution in [-0.4, -0.2) is 57.6 Å². The maximum Gasteiger partial charge on any atom is 0.272 e. The molecule has 198 valence electrons. The third-order valence-corrected chi connectivity index (χ3v) is 9.41. The molecule has 0 unspecified atom stereocenters. The fraction of sp³-hybridized carbons (Fsp3) is 0.407. The summed E-state index contributed by atoms with van der Waals surface area (Å²) >= 11 is 0. The Morgan fingerprint density at radius 2 is 1.76 bits per heavy atom. The van der Waals surface area contributed by atoms with Crippen molar-refractivity contribution in [2.45, 2.75) is 56.6 Å². The zero-order chi connectivity index (χ0) is 26.3. The number of hydrogen-bond donors (Lipinski definition) is 2. The minimum atomic E-state index is -2.95. The van der Waals surface area contributed by atoms with E-state index in [0.717, 1.165) is 36.8 Å². The van der Waals surface area contributed by atoms with Gasteiger partial charge >= 0.3 is 0 Å². The fourth-order valence-corrected chi connectivity index (χ4v) is 7.05. The number of imidazole rings is 1. The molecule has 1 amide bonds. The number of amides is 1. The minimum Gasteiger partial charge on any atom is -0.490 e. The molecular formula is C27H29N5O5S. The molecule has 0 radical (unpaired) electrons. The Hall–Kier alpha value is -3.73. The second-order valence-electron chi connectivity index (χ2n) is 10.2. The van der Waals surface area contributed by atoms with E-state index in [1.165, 1.54) is 0 Å². The SMILES string of the molecule is O=C(NC1CCC(c2n[nH]c(=O)c3ccccc23)CC1)c1cnc2cc(OC3CCS(=O)(=O)CC3)ccn12. The van der Waals surface area contributed by atoms with Gasteiger partial charge in [0.15, 0.2) is 9.84 Å². The Bertz CT molecular complexity index is 1660. The Labute approximate surface area is 219 Å². The van der Waals surface area contributed by atoms with Crippen molar-refractivity contribution >= 4 is 32.2 Å². The van der Waals surface area contributed by atoms with Crippen LogP contribution >= 0.6 is 0 Å². The first-order valence-corrected chi connectivity index (χ1v) is 14.8. The van der Waals surface area contributed by atoms with Crippen LogP contribution in [0.3, 0.4) is 0 Å². The Balaban J connectivity index is 1.09. The van der Waals surface area contributed by atoms with E-state index in [-0.39, 0.29) is 41.0 Å². The number of nitrogens with zero attached hydrogens (tertiary/aromatic N) is 3. The van der Waals surface area contributed by atoms with Crippen molar-refractivity contribution in [2.75, 3.05) is 11.5 Å². The molecule has 1 saturated carbocycles. The summed E-state index contributed by atoms with van der Waals surface area (Å²) in [5.74, 6) is 0.949. The third-order valence-electron chi connectivity index (χ3n) is 7.70. The van der Waals surface area contributed by atoms with Crippen molar-refractivity contribution in [3.8, 4) is 5.75 Å². The smallest absolute Gasteiger partial charge is 0.272 e. The zero-order valence-electron chi connectivity index (χ0n) is 20.8. The van der Waals surface area contributed by atoms with Gasteiger partial charge in [-0.15, -0.1) is 0 Å². The molecule has 1 saturated heterocycles. The molecular weight excluding hydrogens is 506 g/mol. The number of carbonyl (C=O) groups excluding carboxylic acids is 1. The molecule has 0 spiro atoms. The van der Waals surface area contributed by atoms with E-state index in [4.69, 9.17) is 4.74 Å². The molecule has 4 heterocycles. The highest BCUT2D eigenvalue weighted by Gasteiger charge is 2.28. The number of ether oxygens (including phenoxy) is 1. The average molecular weight is 536 g/mol. The van der Waals surface area contributed by atoms with E-state index in [2.05, 4.69) is 20.5 Å². The molecule has 11 heteroatoms. The first-order valence-electron chi connectivity index (χ1n) is 13.0. The van der Waals surface area contributed by atoms with Gasteiger partial charge in [-0.25, -0.2) is 18.5 Å². The van der Waals surface area contributed by atoms with E-state index in [1.807, 2.05) is 24.3 Å². The summed E-state index contributed by atoms with van der Waals surface area (Å²) in [6.07, 6.45) is 7.50. The summed E-state index contributed by atoms with van der Waals surface area (Å²) in [6, 6.07) is 11.1. The lowest BCUT2D eigenvalue weighted by molar-refractivity contribution is 0.0919. The maximum atomic E-state index is 13.1. The highest BCUT2D eigenvalue weighted by molar-refractivity contribution is 7.91. The fourth-order valence-electron chi connectivity index (χ4n) is 5.60. The third kappa shape index (κ3) is 4.90. The predicted molar refractivity (Wildman–Crippen MR) is 142 cm³/mol. The normalized spacial score (nSPS) is 21.9. The minimum absolute atomic E-state index is 0.0449. The first-order chi connectivity index (χ1) is 18.4. The van der Waals surface area contributed by atoms with Gasteiger partial charge in [0.25, 0.3) is 11.5 Å². The number of aromatic amines is 1. The molecule has 0 bridgehead atoms. The largest absolute Gasteiger partial charge is 0.490 e. The molecule has 10 nitrogen and oxygen atoms in total. The number of sulfone groups is 1. The van der Waals surface area contributed by atoms with Gasteiger partial charge in [-0.3, -0.25) is 14.0 Å². The number of H-pyrrole nitrogens is 1. The van der Waals surface area contributed by atoms with E-state index >= 15 is 0 Å². The lowest BCUT2D eigenvalue weighted by Crippen LogP contribution is -2.38. The number of fused-ring (bicyclic) bond motifs is 2. The lowest BCUT2D eigenvalue weighted by Gasteiger charge is -2.29. The Morgan fingerprint density at radius 1 is 1.03 bits per heavy atom. The molecule has 1 aliphatic heterocycles. The number of rotatable bonds is 5. The van der Waals surface area contributed by atoms with Crippen LogP contribution in [0, 0.1) is 0 Å². The van der Waals surface area contributed by atoms with E-state index in [9.17, 15) is 18.0 Å². The maximum absolute atomic E-state index is 13.1. The van der Waals surface area contributed by atoms with Gasteiger partial charge in [0.2, 0.25) is 0 Å². The Morgan fingerprint density at radius 3 is 2.53 bits per heavy atom. The first kappa shape index (κ1) is 24.6. The van der Waals surface area contributed by atoms with Crippen LogP contribution in [0.15, 0.2) is 53.6 Å². The summed E-state index contributed by atoms with van der Waals surface area (Å²) in [7, 11) is -2.95. The molecule has 2 N–H and O–H groups in total. The molecule has 2 aliphatic rings. The summed E-state index contributed by atoms with van der Waals surface area (Å²) in [5.41, 5.74) is 1.78. The van der Waals surface area contributed by atoms with Gasteiger partial charge in [-0.1, -0.05) is 18.2 Å². The van der Waals surface area contributed by atoms with Crippen molar-refractivity contribution in [1.29, 1.82) is 0 Å². The summed E-state index contributed by atoms with van der Waals surface area (Å²) in [5, 5.41) is 11.7. The van der Waals surface area contributed by atoms with E-state index in [1.54, 1.807) is 28.9 Å². The summed E-state index contributed by atoms with van der Waals surface area (Å²) < 4.78 is 31.0.